The van der Waals surface area contributed by atoms with Crippen LogP contribution in [0.15, 0.2) is 41.3 Å². The summed E-state index contributed by atoms with van der Waals surface area (Å²) in [7, 11) is -2.14. The molecule has 0 aliphatic heterocycles. The molecule has 110 valence electrons. The second-order valence-corrected chi connectivity index (χ2v) is 5.64. The highest BCUT2D eigenvalue weighted by molar-refractivity contribution is 7.89. The van der Waals surface area contributed by atoms with E-state index in [2.05, 4.69) is 20.8 Å². The van der Waals surface area contributed by atoms with Crippen molar-refractivity contribution in [3.05, 3.63) is 42.1 Å². The maximum atomic E-state index is 12.0. The van der Waals surface area contributed by atoms with Crippen LogP contribution in [0.4, 0.5) is 11.5 Å². The SMILES string of the molecule is CNc1ccc(C(=O)Nc2cccc(S(N)(=O)=O)c2)nn1. The van der Waals surface area contributed by atoms with Crippen LogP contribution in [0.2, 0.25) is 0 Å². The average molecular weight is 307 g/mol. The normalized spacial score (nSPS) is 11.0. The monoisotopic (exact) mass is 307 g/mol. The molecule has 2 rings (SSSR count). The fraction of sp³-hybridized carbons (Fsp3) is 0.0833. The summed E-state index contributed by atoms with van der Waals surface area (Å²) >= 11 is 0. The molecule has 0 radical (unpaired) electrons. The van der Waals surface area contributed by atoms with E-state index in [1.165, 1.54) is 24.3 Å². The highest BCUT2D eigenvalue weighted by atomic mass is 32.2. The van der Waals surface area contributed by atoms with Gasteiger partial charge in [0.15, 0.2) is 5.69 Å². The number of hydrogen-bond donors (Lipinski definition) is 3. The maximum absolute atomic E-state index is 12.0. The Morgan fingerprint density at radius 2 is 1.95 bits per heavy atom. The molecule has 0 aliphatic rings. The number of aromatic nitrogens is 2. The van der Waals surface area contributed by atoms with Gasteiger partial charge in [-0.05, 0) is 30.3 Å². The fourth-order valence-electron chi connectivity index (χ4n) is 1.53. The molecular weight excluding hydrogens is 294 g/mol. The predicted octanol–water partition coefficient (Wildman–Crippen LogP) is 0.418. The lowest BCUT2D eigenvalue weighted by molar-refractivity contribution is 0.102. The Morgan fingerprint density at radius 1 is 1.19 bits per heavy atom. The lowest BCUT2D eigenvalue weighted by atomic mass is 10.3. The minimum atomic E-state index is -3.82. The first kappa shape index (κ1) is 14.9. The zero-order chi connectivity index (χ0) is 15.5. The number of nitrogens with two attached hydrogens (primary N) is 1. The van der Waals surface area contributed by atoms with Gasteiger partial charge < -0.3 is 10.6 Å². The van der Waals surface area contributed by atoms with Crippen molar-refractivity contribution < 1.29 is 13.2 Å². The molecule has 0 bridgehead atoms. The Kier molecular flexibility index (Phi) is 4.15. The number of nitrogens with one attached hydrogen (secondary N) is 2. The molecule has 1 amide bonds. The predicted molar refractivity (Wildman–Crippen MR) is 77.3 cm³/mol. The molecule has 1 heterocycles. The van der Waals surface area contributed by atoms with Gasteiger partial charge in [-0.2, -0.15) is 0 Å². The van der Waals surface area contributed by atoms with Crippen molar-refractivity contribution in [2.45, 2.75) is 4.90 Å². The summed E-state index contributed by atoms with van der Waals surface area (Å²) < 4.78 is 22.5. The molecule has 0 fully saturated rings. The molecule has 0 atom stereocenters. The largest absolute Gasteiger partial charge is 0.372 e. The van der Waals surface area contributed by atoms with Gasteiger partial charge in [0.1, 0.15) is 5.82 Å². The van der Waals surface area contributed by atoms with Gasteiger partial charge in [-0.15, -0.1) is 10.2 Å². The molecule has 8 nitrogen and oxygen atoms in total. The van der Waals surface area contributed by atoms with E-state index in [4.69, 9.17) is 5.14 Å². The third-order valence-electron chi connectivity index (χ3n) is 2.57. The summed E-state index contributed by atoms with van der Waals surface area (Å²) in [4.78, 5) is 11.9. The second kappa shape index (κ2) is 5.85. The molecule has 0 saturated heterocycles. The van der Waals surface area contributed by atoms with Crippen molar-refractivity contribution >= 4 is 27.4 Å². The molecule has 4 N–H and O–H groups in total. The summed E-state index contributed by atoms with van der Waals surface area (Å²) in [6.45, 7) is 0. The molecule has 1 aromatic carbocycles. The van der Waals surface area contributed by atoms with Crippen LogP contribution in [-0.2, 0) is 10.0 Å². The Labute approximate surface area is 121 Å². The smallest absolute Gasteiger partial charge is 0.276 e. The first-order valence-electron chi connectivity index (χ1n) is 5.86. The number of benzene rings is 1. The van der Waals surface area contributed by atoms with Gasteiger partial charge in [-0.25, -0.2) is 13.6 Å². The van der Waals surface area contributed by atoms with Crippen molar-refractivity contribution in [1.82, 2.24) is 10.2 Å². The topological polar surface area (TPSA) is 127 Å². The van der Waals surface area contributed by atoms with Crippen molar-refractivity contribution in [2.75, 3.05) is 17.7 Å². The number of carbonyl (C=O) groups is 1. The molecule has 1 aromatic heterocycles. The summed E-state index contributed by atoms with van der Waals surface area (Å²) in [6, 6.07) is 8.72. The van der Waals surface area contributed by atoms with E-state index in [0.29, 0.717) is 11.5 Å². The third-order valence-corrected chi connectivity index (χ3v) is 3.48. The van der Waals surface area contributed by atoms with Crippen LogP contribution < -0.4 is 15.8 Å². The molecule has 0 spiro atoms. The van der Waals surface area contributed by atoms with Gasteiger partial charge in [0.25, 0.3) is 5.91 Å². The van der Waals surface area contributed by atoms with Crippen LogP contribution in [0, 0.1) is 0 Å². The van der Waals surface area contributed by atoms with Crippen LogP contribution in [0.3, 0.4) is 0 Å². The van der Waals surface area contributed by atoms with Gasteiger partial charge in [0.2, 0.25) is 10.0 Å². The third kappa shape index (κ3) is 3.74. The van der Waals surface area contributed by atoms with E-state index in [9.17, 15) is 13.2 Å². The van der Waals surface area contributed by atoms with E-state index in [1.54, 1.807) is 19.2 Å². The van der Waals surface area contributed by atoms with Gasteiger partial charge in [-0.3, -0.25) is 4.79 Å². The van der Waals surface area contributed by atoms with Crippen LogP contribution in [-0.4, -0.2) is 31.6 Å². The Hall–Kier alpha value is -2.52. The zero-order valence-corrected chi connectivity index (χ0v) is 11.9. The van der Waals surface area contributed by atoms with E-state index in [1.807, 2.05) is 0 Å². The average Bonchev–Trinajstić information content (AvgIpc) is 2.47. The van der Waals surface area contributed by atoms with Gasteiger partial charge in [-0.1, -0.05) is 6.07 Å². The quantitative estimate of drug-likeness (QED) is 0.751. The highest BCUT2D eigenvalue weighted by Crippen LogP contribution is 2.15. The van der Waals surface area contributed by atoms with Gasteiger partial charge >= 0.3 is 0 Å². The van der Waals surface area contributed by atoms with E-state index in [-0.39, 0.29) is 10.6 Å². The minimum absolute atomic E-state index is 0.0862. The summed E-state index contributed by atoms with van der Waals surface area (Å²) in [5.74, 6) is 0.0273. The molecule has 0 saturated carbocycles. The lowest BCUT2D eigenvalue weighted by Crippen LogP contribution is -2.16. The zero-order valence-electron chi connectivity index (χ0n) is 11.1. The molecule has 21 heavy (non-hydrogen) atoms. The van der Waals surface area contributed by atoms with E-state index >= 15 is 0 Å². The van der Waals surface area contributed by atoms with Crippen molar-refractivity contribution in [3.8, 4) is 0 Å². The van der Waals surface area contributed by atoms with Crippen molar-refractivity contribution in [3.63, 3.8) is 0 Å². The molecule has 0 unspecified atom stereocenters. The van der Waals surface area contributed by atoms with Gasteiger partial charge in [0, 0.05) is 12.7 Å². The number of primary sulfonamides is 1. The molecule has 0 aliphatic carbocycles. The number of carbonyl (C=O) groups excluding carboxylic acids is 1. The summed E-state index contributed by atoms with van der Waals surface area (Å²) in [5, 5.41) is 17.9. The van der Waals surface area contributed by atoms with Crippen LogP contribution in [0.25, 0.3) is 0 Å². The number of amides is 1. The standard InChI is InChI=1S/C12H13N5O3S/c1-14-11-6-5-10(16-17-11)12(18)15-8-3-2-4-9(7-8)21(13,19)20/h2-7H,1H3,(H,14,17)(H,15,18)(H2,13,19,20). The molecule has 2 aromatic rings. The number of rotatable bonds is 4. The van der Waals surface area contributed by atoms with Crippen LogP contribution >= 0.6 is 0 Å². The number of hydrogen-bond acceptors (Lipinski definition) is 6. The second-order valence-electron chi connectivity index (χ2n) is 4.08. The Morgan fingerprint density at radius 3 is 2.52 bits per heavy atom. The fourth-order valence-corrected chi connectivity index (χ4v) is 2.09. The van der Waals surface area contributed by atoms with Crippen molar-refractivity contribution in [2.24, 2.45) is 5.14 Å². The van der Waals surface area contributed by atoms with E-state index < -0.39 is 15.9 Å². The summed E-state index contributed by atoms with van der Waals surface area (Å²) in [6.07, 6.45) is 0. The van der Waals surface area contributed by atoms with Gasteiger partial charge in [0.05, 0.1) is 4.90 Å². The van der Waals surface area contributed by atoms with Crippen LogP contribution in [0.1, 0.15) is 10.5 Å². The highest BCUT2D eigenvalue weighted by Gasteiger charge is 2.11. The number of nitrogens with zero attached hydrogens (tertiary/aromatic N) is 2. The van der Waals surface area contributed by atoms with E-state index in [0.717, 1.165) is 0 Å². The number of anilines is 2. The maximum Gasteiger partial charge on any atom is 0.276 e. The Balaban J connectivity index is 2.19. The first-order chi connectivity index (χ1) is 9.90. The minimum Gasteiger partial charge on any atom is -0.372 e. The lowest BCUT2D eigenvalue weighted by Gasteiger charge is -2.06. The number of sulfonamides is 1. The van der Waals surface area contributed by atoms with Crippen molar-refractivity contribution in [1.29, 1.82) is 0 Å². The van der Waals surface area contributed by atoms with Crippen LogP contribution in [0.5, 0.6) is 0 Å². The summed E-state index contributed by atoms with van der Waals surface area (Å²) in [5.41, 5.74) is 0.404. The first-order valence-corrected chi connectivity index (χ1v) is 7.40. The Bertz CT molecular complexity index is 759. The molecular formula is C12H13N5O3S. The molecule has 9 heteroatoms.